The Morgan fingerprint density at radius 1 is 1.21 bits per heavy atom. The molecule has 1 aromatic rings. The molecular formula is C13H18O. The summed E-state index contributed by atoms with van der Waals surface area (Å²) in [5.41, 5.74) is 3.92. The maximum atomic E-state index is 9.16. The van der Waals surface area contributed by atoms with E-state index in [-0.39, 0.29) is 6.61 Å². The highest BCUT2D eigenvalue weighted by molar-refractivity contribution is 5.34. The van der Waals surface area contributed by atoms with E-state index in [9.17, 15) is 0 Å². The summed E-state index contributed by atoms with van der Waals surface area (Å²) in [4.78, 5) is 0. The van der Waals surface area contributed by atoms with Gasteiger partial charge in [-0.2, -0.15) is 0 Å². The minimum atomic E-state index is 0.178. The van der Waals surface area contributed by atoms with Crippen LogP contribution in [0.3, 0.4) is 0 Å². The molecule has 1 aliphatic rings. The molecule has 0 aromatic heterocycles. The van der Waals surface area contributed by atoms with Crippen molar-refractivity contribution in [2.24, 2.45) is 0 Å². The molecule has 76 valence electrons. The highest BCUT2D eigenvalue weighted by Crippen LogP contribution is 2.40. The van der Waals surface area contributed by atoms with Crippen LogP contribution in [0, 0.1) is 0 Å². The van der Waals surface area contributed by atoms with Gasteiger partial charge in [0.25, 0.3) is 0 Å². The summed E-state index contributed by atoms with van der Waals surface area (Å²) in [5.74, 6) is 0.789. The molecule has 1 fully saturated rings. The lowest BCUT2D eigenvalue weighted by Crippen LogP contribution is -1.92. The van der Waals surface area contributed by atoms with E-state index < -0.39 is 0 Å². The van der Waals surface area contributed by atoms with Crippen molar-refractivity contribution in [2.45, 2.75) is 45.1 Å². The Kier molecular flexibility index (Phi) is 2.87. The van der Waals surface area contributed by atoms with Crippen LogP contribution in [0.5, 0.6) is 0 Å². The molecule has 0 radical (unpaired) electrons. The Labute approximate surface area is 85.8 Å². The Morgan fingerprint density at radius 3 is 2.50 bits per heavy atom. The second-order valence-corrected chi connectivity index (χ2v) is 4.27. The van der Waals surface area contributed by atoms with Gasteiger partial charge in [0.15, 0.2) is 0 Å². The van der Waals surface area contributed by atoms with Crippen molar-refractivity contribution in [3.8, 4) is 0 Å². The van der Waals surface area contributed by atoms with E-state index in [1.165, 1.54) is 30.4 Å². The van der Waals surface area contributed by atoms with Crippen molar-refractivity contribution in [3.05, 3.63) is 34.9 Å². The lowest BCUT2D eigenvalue weighted by molar-refractivity contribution is 0.281. The van der Waals surface area contributed by atoms with E-state index in [0.29, 0.717) is 0 Å². The van der Waals surface area contributed by atoms with E-state index in [0.717, 1.165) is 17.9 Å². The highest BCUT2D eigenvalue weighted by atomic mass is 16.3. The first-order valence-electron chi connectivity index (χ1n) is 5.57. The number of aliphatic hydroxyl groups excluding tert-OH is 1. The summed E-state index contributed by atoms with van der Waals surface area (Å²) >= 11 is 0. The van der Waals surface area contributed by atoms with Crippen molar-refractivity contribution in [3.63, 3.8) is 0 Å². The standard InChI is InChI=1S/C13H18O/c1-2-3-10-6-11(9-14)8-13(7-10)12-4-5-12/h6-8,12,14H,2-5,9H2,1H3. The average Bonchev–Trinajstić information content (AvgIpc) is 3.01. The van der Waals surface area contributed by atoms with Gasteiger partial charge in [-0.25, -0.2) is 0 Å². The molecule has 0 amide bonds. The van der Waals surface area contributed by atoms with Gasteiger partial charge in [0, 0.05) is 0 Å². The van der Waals surface area contributed by atoms with E-state index in [2.05, 4.69) is 25.1 Å². The number of benzene rings is 1. The van der Waals surface area contributed by atoms with Gasteiger partial charge < -0.3 is 5.11 Å². The maximum absolute atomic E-state index is 9.16. The lowest BCUT2D eigenvalue weighted by atomic mass is 10.0. The summed E-state index contributed by atoms with van der Waals surface area (Å²) in [6.45, 7) is 2.37. The van der Waals surface area contributed by atoms with E-state index >= 15 is 0 Å². The Balaban J connectivity index is 2.26. The van der Waals surface area contributed by atoms with Crippen molar-refractivity contribution >= 4 is 0 Å². The van der Waals surface area contributed by atoms with Gasteiger partial charge in [-0.3, -0.25) is 0 Å². The largest absolute Gasteiger partial charge is 0.392 e. The SMILES string of the molecule is CCCc1cc(CO)cc(C2CC2)c1. The predicted molar refractivity (Wildman–Crippen MR) is 58.3 cm³/mol. The van der Waals surface area contributed by atoms with Crippen molar-refractivity contribution in [1.29, 1.82) is 0 Å². The van der Waals surface area contributed by atoms with E-state index in [1.807, 2.05) is 0 Å². The zero-order valence-corrected chi connectivity index (χ0v) is 8.79. The molecule has 1 aliphatic carbocycles. The van der Waals surface area contributed by atoms with Gasteiger partial charge >= 0.3 is 0 Å². The van der Waals surface area contributed by atoms with Crippen LogP contribution in [0.25, 0.3) is 0 Å². The highest BCUT2D eigenvalue weighted by Gasteiger charge is 2.23. The summed E-state index contributed by atoms with van der Waals surface area (Å²) in [6.07, 6.45) is 4.98. The topological polar surface area (TPSA) is 20.2 Å². The molecular weight excluding hydrogens is 172 g/mol. The van der Waals surface area contributed by atoms with Gasteiger partial charge in [0.05, 0.1) is 6.61 Å². The Hall–Kier alpha value is -0.820. The third-order valence-corrected chi connectivity index (χ3v) is 2.84. The fraction of sp³-hybridized carbons (Fsp3) is 0.538. The predicted octanol–water partition coefficient (Wildman–Crippen LogP) is 3.01. The molecule has 0 aliphatic heterocycles. The summed E-state index contributed by atoms with van der Waals surface area (Å²) in [7, 11) is 0. The van der Waals surface area contributed by atoms with Crippen LogP contribution in [-0.2, 0) is 13.0 Å². The van der Waals surface area contributed by atoms with Gasteiger partial charge in [0.1, 0.15) is 0 Å². The van der Waals surface area contributed by atoms with Gasteiger partial charge in [0.2, 0.25) is 0 Å². The number of hydrogen-bond acceptors (Lipinski definition) is 1. The normalized spacial score (nSPS) is 15.9. The van der Waals surface area contributed by atoms with E-state index in [4.69, 9.17) is 5.11 Å². The quantitative estimate of drug-likeness (QED) is 0.773. The number of rotatable bonds is 4. The Morgan fingerprint density at radius 2 is 1.93 bits per heavy atom. The van der Waals surface area contributed by atoms with Crippen LogP contribution < -0.4 is 0 Å². The van der Waals surface area contributed by atoms with Crippen LogP contribution >= 0.6 is 0 Å². The van der Waals surface area contributed by atoms with Crippen molar-refractivity contribution < 1.29 is 5.11 Å². The minimum absolute atomic E-state index is 0.178. The first-order chi connectivity index (χ1) is 6.83. The number of aliphatic hydroxyl groups is 1. The summed E-state index contributed by atoms with van der Waals surface area (Å²) in [6, 6.07) is 6.62. The van der Waals surface area contributed by atoms with Crippen molar-refractivity contribution in [1.82, 2.24) is 0 Å². The molecule has 1 nitrogen and oxygen atoms in total. The van der Waals surface area contributed by atoms with Crippen LogP contribution in [-0.4, -0.2) is 5.11 Å². The summed E-state index contributed by atoms with van der Waals surface area (Å²) < 4.78 is 0. The zero-order valence-electron chi connectivity index (χ0n) is 8.79. The smallest absolute Gasteiger partial charge is 0.0682 e. The molecule has 1 saturated carbocycles. The monoisotopic (exact) mass is 190 g/mol. The second-order valence-electron chi connectivity index (χ2n) is 4.27. The lowest BCUT2D eigenvalue weighted by Gasteiger charge is -2.06. The van der Waals surface area contributed by atoms with Crippen LogP contribution in [0.2, 0.25) is 0 Å². The van der Waals surface area contributed by atoms with Gasteiger partial charge in [-0.15, -0.1) is 0 Å². The summed E-state index contributed by atoms with van der Waals surface area (Å²) in [5, 5.41) is 9.16. The van der Waals surface area contributed by atoms with E-state index in [1.54, 1.807) is 0 Å². The van der Waals surface area contributed by atoms with Gasteiger partial charge in [-0.1, -0.05) is 31.5 Å². The third-order valence-electron chi connectivity index (χ3n) is 2.84. The van der Waals surface area contributed by atoms with Crippen molar-refractivity contribution in [2.75, 3.05) is 0 Å². The maximum Gasteiger partial charge on any atom is 0.0682 e. The molecule has 1 heteroatoms. The molecule has 0 saturated heterocycles. The molecule has 0 bridgehead atoms. The minimum Gasteiger partial charge on any atom is -0.392 e. The fourth-order valence-electron chi connectivity index (χ4n) is 1.97. The molecule has 1 N–H and O–H groups in total. The van der Waals surface area contributed by atoms with Crippen LogP contribution in [0.4, 0.5) is 0 Å². The van der Waals surface area contributed by atoms with Crippen LogP contribution in [0.15, 0.2) is 18.2 Å². The molecule has 2 rings (SSSR count). The fourth-order valence-corrected chi connectivity index (χ4v) is 1.97. The third kappa shape index (κ3) is 2.16. The second kappa shape index (κ2) is 4.14. The number of hydrogen-bond donors (Lipinski definition) is 1. The number of aryl methyl sites for hydroxylation is 1. The first-order valence-corrected chi connectivity index (χ1v) is 5.57. The van der Waals surface area contributed by atoms with Crippen LogP contribution in [0.1, 0.15) is 48.8 Å². The molecule has 1 aromatic carbocycles. The zero-order chi connectivity index (χ0) is 9.97. The first kappa shape index (κ1) is 9.72. The molecule has 14 heavy (non-hydrogen) atoms. The average molecular weight is 190 g/mol. The Bertz CT molecular complexity index is 313. The molecule has 0 unspecified atom stereocenters. The molecule has 0 atom stereocenters. The molecule has 0 heterocycles. The van der Waals surface area contributed by atoms with Gasteiger partial charge in [-0.05, 0) is 41.9 Å². The molecule has 0 spiro atoms.